The van der Waals surface area contributed by atoms with E-state index in [2.05, 4.69) is 5.32 Å². The van der Waals surface area contributed by atoms with Crippen LogP contribution in [0.3, 0.4) is 0 Å². The Kier molecular flexibility index (Phi) is 8.98. The van der Waals surface area contributed by atoms with Crippen LogP contribution in [-0.2, 0) is 19.2 Å². The van der Waals surface area contributed by atoms with Crippen molar-refractivity contribution in [2.75, 3.05) is 13.1 Å². The number of hydrogen-bond donors (Lipinski definition) is 3. The molecule has 0 atom stereocenters. The van der Waals surface area contributed by atoms with Crippen molar-refractivity contribution in [2.24, 2.45) is 0 Å². The van der Waals surface area contributed by atoms with E-state index in [0.717, 1.165) is 4.90 Å². The Hall–Kier alpha value is -2.09. The van der Waals surface area contributed by atoms with Crippen LogP contribution in [0.4, 0.5) is 0 Å². The van der Waals surface area contributed by atoms with Crippen molar-refractivity contribution >= 4 is 35.4 Å². The Labute approximate surface area is 150 Å². The molecule has 0 aromatic rings. The molecule has 8 nitrogen and oxygen atoms in total. The van der Waals surface area contributed by atoms with Crippen molar-refractivity contribution in [1.82, 2.24) is 10.2 Å². The highest BCUT2D eigenvalue weighted by molar-refractivity contribution is 6.47. The van der Waals surface area contributed by atoms with E-state index in [1.54, 1.807) is 0 Å². The minimum Gasteiger partial charge on any atom is -0.481 e. The first-order valence-corrected chi connectivity index (χ1v) is 8.65. The normalized spacial score (nSPS) is 14.4. The average molecular weight is 375 g/mol. The molecule has 25 heavy (non-hydrogen) atoms. The van der Waals surface area contributed by atoms with E-state index in [9.17, 15) is 19.2 Å². The zero-order valence-corrected chi connectivity index (χ0v) is 14.7. The average Bonchev–Trinajstić information content (AvgIpc) is 2.74. The van der Waals surface area contributed by atoms with Gasteiger partial charge in [-0.05, 0) is 25.7 Å². The summed E-state index contributed by atoms with van der Waals surface area (Å²) in [6.45, 7) is 0.633. The lowest BCUT2D eigenvalue weighted by Gasteiger charge is -2.14. The van der Waals surface area contributed by atoms with Gasteiger partial charge in [-0.3, -0.25) is 24.1 Å². The summed E-state index contributed by atoms with van der Waals surface area (Å²) >= 11 is 5.93. The molecule has 9 heteroatoms. The van der Waals surface area contributed by atoms with Crippen molar-refractivity contribution in [1.29, 1.82) is 0 Å². The van der Waals surface area contributed by atoms with Crippen LogP contribution in [0.2, 0.25) is 0 Å². The zero-order valence-electron chi connectivity index (χ0n) is 13.9. The Morgan fingerprint density at radius 3 is 2.00 bits per heavy atom. The van der Waals surface area contributed by atoms with Crippen molar-refractivity contribution < 1.29 is 29.4 Å². The van der Waals surface area contributed by atoms with Gasteiger partial charge < -0.3 is 15.5 Å². The quantitative estimate of drug-likeness (QED) is 0.331. The molecule has 0 aromatic heterocycles. The summed E-state index contributed by atoms with van der Waals surface area (Å²) in [5.41, 5.74) is 0.0791. The van der Waals surface area contributed by atoms with Crippen LogP contribution in [0.5, 0.6) is 0 Å². The second-order valence-corrected chi connectivity index (χ2v) is 6.16. The first kappa shape index (κ1) is 21.0. The molecule has 1 aliphatic heterocycles. The fourth-order valence-electron chi connectivity index (χ4n) is 2.42. The van der Waals surface area contributed by atoms with Gasteiger partial charge in [0.05, 0.1) is 0 Å². The second-order valence-electron chi connectivity index (χ2n) is 5.79. The largest absolute Gasteiger partial charge is 0.481 e. The summed E-state index contributed by atoms with van der Waals surface area (Å²) in [6.07, 6.45) is 3.71. The van der Waals surface area contributed by atoms with Crippen molar-refractivity contribution in [3.63, 3.8) is 0 Å². The maximum Gasteiger partial charge on any atom is 0.303 e. The summed E-state index contributed by atoms with van der Waals surface area (Å²) < 4.78 is 0. The molecular weight excluding hydrogens is 352 g/mol. The Balaban J connectivity index is 2.33. The van der Waals surface area contributed by atoms with E-state index in [0.29, 0.717) is 45.1 Å². The smallest absolute Gasteiger partial charge is 0.303 e. The van der Waals surface area contributed by atoms with Gasteiger partial charge in [0, 0.05) is 25.9 Å². The number of carboxylic acid groups (broad SMARTS) is 2. The van der Waals surface area contributed by atoms with Crippen molar-refractivity contribution in [3.05, 3.63) is 10.7 Å². The van der Waals surface area contributed by atoms with Crippen LogP contribution >= 0.6 is 11.6 Å². The molecule has 0 saturated heterocycles. The number of carboxylic acids is 2. The molecule has 140 valence electrons. The molecule has 0 spiro atoms. The highest BCUT2D eigenvalue weighted by atomic mass is 35.5. The summed E-state index contributed by atoms with van der Waals surface area (Å²) in [5.74, 6) is -2.72. The number of nitrogens with one attached hydrogen (secondary N) is 1. The molecule has 1 aliphatic rings. The third-order valence-corrected chi connectivity index (χ3v) is 4.10. The van der Waals surface area contributed by atoms with Gasteiger partial charge in [0.1, 0.15) is 10.7 Å². The monoisotopic (exact) mass is 374 g/mol. The molecule has 0 radical (unpaired) electrons. The molecule has 0 saturated carbocycles. The number of aliphatic carboxylic acids is 2. The van der Waals surface area contributed by atoms with E-state index < -0.39 is 23.8 Å². The van der Waals surface area contributed by atoms with Gasteiger partial charge in [0.15, 0.2) is 0 Å². The van der Waals surface area contributed by atoms with E-state index >= 15 is 0 Å². The molecule has 0 bridgehead atoms. The van der Waals surface area contributed by atoms with Crippen LogP contribution < -0.4 is 5.32 Å². The summed E-state index contributed by atoms with van der Waals surface area (Å²) in [4.78, 5) is 46.2. The lowest BCUT2D eigenvalue weighted by Crippen LogP contribution is -2.34. The van der Waals surface area contributed by atoms with Gasteiger partial charge in [0.2, 0.25) is 0 Å². The van der Waals surface area contributed by atoms with Crippen LogP contribution in [-0.4, -0.2) is 52.0 Å². The van der Waals surface area contributed by atoms with Gasteiger partial charge in [-0.1, -0.05) is 24.4 Å². The number of imide groups is 1. The predicted octanol–water partition coefficient (Wildman–Crippen LogP) is 1.69. The first-order valence-electron chi connectivity index (χ1n) is 8.28. The molecule has 3 N–H and O–H groups in total. The molecular formula is C16H23ClN2O6. The Bertz CT molecular complexity index is 561. The van der Waals surface area contributed by atoms with Gasteiger partial charge in [-0.25, -0.2) is 0 Å². The van der Waals surface area contributed by atoms with Crippen molar-refractivity contribution in [3.8, 4) is 0 Å². The van der Waals surface area contributed by atoms with Crippen LogP contribution in [0.15, 0.2) is 10.7 Å². The summed E-state index contributed by atoms with van der Waals surface area (Å²) in [7, 11) is 0. The third kappa shape index (κ3) is 7.13. The van der Waals surface area contributed by atoms with E-state index in [4.69, 9.17) is 21.8 Å². The third-order valence-electron chi connectivity index (χ3n) is 3.75. The van der Waals surface area contributed by atoms with E-state index in [-0.39, 0.29) is 30.1 Å². The number of carbonyl (C=O) groups is 4. The number of amides is 2. The molecule has 1 rings (SSSR count). The molecule has 0 fully saturated rings. The molecule has 0 aromatic carbocycles. The maximum absolute atomic E-state index is 12.2. The van der Waals surface area contributed by atoms with E-state index in [1.165, 1.54) is 0 Å². The SMILES string of the molecule is O=C(O)CCCCCNC1=C(Cl)C(=O)N(CCCCCC(=O)O)C1=O. The Morgan fingerprint density at radius 1 is 0.880 bits per heavy atom. The highest BCUT2D eigenvalue weighted by Gasteiger charge is 2.36. The topological polar surface area (TPSA) is 124 Å². The minimum atomic E-state index is -0.868. The van der Waals surface area contributed by atoms with Gasteiger partial charge in [-0.15, -0.1) is 0 Å². The minimum absolute atomic E-state index is 0.0651. The van der Waals surface area contributed by atoms with Gasteiger partial charge >= 0.3 is 11.9 Å². The van der Waals surface area contributed by atoms with Gasteiger partial charge in [0.25, 0.3) is 11.8 Å². The molecule has 2 amide bonds. The maximum atomic E-state index is 12.2. The highest BCUT2D eigenvalue weighted by Crippen LogP contribution is 2.22. The number of unbranched alkanes of at least 4 members (excludes halogenated alkanes) is 4. The standard InChI is InChI=1S/C16H23ClN2O6/c17-13-14(18-9-5-1-3-7-11(20)21)16(25)19(15(13)24)10-6-2-4-8-12(22)23/h18H,1-10H2,(H,20,21)(H,22,23). The zero-order chi connectivity index (χ0) is 18.8. The number of rotatable bonds is 13. The van der Waals surface area contributed by atoms with Crippen LogP contribution in [0, 0.1) is 0 Å². The lowest BCUT2D eigenvalue weighted by molar-refractivity contribution is -0.139. The number of hydrogen-bond acceptors (Lipinski definition) is 5. The lowest BCUT2D eigenvalue weighted by atomic mass is 10.2. The second kappa shape index (κ2) is 10.7. The fraction of sp³-hybridized carbons (Fsp3) is 0.625. The summed E-state index contributed by atoms with van der Waals surface area (Å²) in [6, 6.07) is 0. The number of nitrogens with zero attached hydrogens (tertiary/aromatic N) is 1. The first-order chi connectivity index (χ1) is 11.8. The van der Waals surface area contributed by atoms with Crippen molar-refractivity contribution in [2.45, 2.75) is 51.4 Å². The summed E-state index contributed by atoms with van der Waals surface area (Å²) in [5, 5.41) is 19.8. The van der Waals surface area contributed by atoms with Crippen LogP contribution in [0.25, 0.3) is 0 Å². The van der Waals surface area contributed by atoms with Crippen LogP contribution in [0.1, 0.15) is 51.4 Å². The van der Waals surface area contributed by atoms with Gasteiger partial charge in [-0.2, -0.15) is 0 Å². The number of halogens is 1. The Morgan fingerprint density at radius 2 is 1.44 bits per heavy atom. The number of carbonyl (C=O) groups excluding carboxylic acids is 2. The van der Waals surface area contributed by atoms with E-state index in [1.807, 2.05) is 0 Å². The fourth-order valence-corrected chi connectivity index (χ4v) is 2.67. The molecule has 0 unspecified atom stereocenters. The predicted molar refractivity (Wildman–Crippen MR) is 89.8 cm³/mol. The molecule has 0 aliphatic carbocycles. The molecule has 1 heterocycles.